The van der Waals surface area contributed by atoms with Crippen molar-refractivity contribution in [3.05, 3.63) is 0 Å². The predicted molar refractivity (Wildman–Crippen MR) is 39.6 cm³/mol. The fourth-order valence-corrected chi connectivity index (χ4v) is 1.27. The summed E-state index contributed by atoms with van der Waals surface area (Å²) in [5, 5.41) is 35.0. The molecule has 0 aliphatic carbocycles. The summed E-state index contributed by atoms with van der Waals surface area (Å²) in [6.45, 7) is -0.473. The van der Waals surface area contributed by atoms with Crippen LogP contribution in [0, 0.1) is 0 Å². The molecule has 4 N–H and O–H groups in total. The third-order valence-corrected chi connectivity index (χ3v) is 2.30. The Morgan fingerprint density at radius 3 is 2.25 bits per heavy atom. The maximum atomic E-state index is 9.20. The number of rotatable bonds is 1. The van der Waals surface area contributed by atoms with Crippen LogP contribution in [0.4, 0.5) is 0 Å². The van der Waals surface area contributed by atoms with Crippen LogP contribution in [-0.2, 0) is 4.74 Å². The minimum atomic E-state index is -1.36. The van der Waals surface area contributed by atoms with Gasteiger partial charge in [-0.05, 0) is 0 Å². The minimum Gasteiger partial charge on any atom is -0.394 e. The Hall–Kier alpha value is 0.0900. The Morgan fingerprint density at radius 2 is 1.75 bits per heavy atom. The van der Waals surface area contributed by atoms with Gasteiger partial charge in [-0.3, -0.25) is 0 Å². The molecule has 0 aromatic rings. The molecule has 6 heteroatoms. The zero-order valence-corrected chi connectivity index (χ0v) is 6.92. The van der Waals surface area contributed by atoms with Crippen molar-refractivity contribution in [2.75, 3.05) is 6.61 Å². The Morgan fingerprint density at radius 1 is 1.17 bits per heavy atom. The smallest absolute Gasteiger partial charge is 0.174 e. The summed E-state index contributed by atoms with van der Waals surface area (Å²) in [6.07, 6.45) is -4.89. The van der Waals surface area contributed by atoms with Crippen LogP contribution in [0.2, 0.25) is 0 Å². The van der Waals surface area contributed by atoms with Gasteiger partial charge in [0.2, 0.25) is 0 Å². The summed E-state index contributed by atoms with van der Waals surface area (Å²) in [4.78, 5) is 0. The van der Waals surface area contributed by atoms with E-state index in [1.54, 1.807) is 0 Å². The van der Waals surface area contributed by atoms with Crippen molar-refractivity contribution < 1.29 is 25.2 Å². The Kier molecular flexibility index (Phi) is 3.28. The zero-order valence-electron chi connectivity index (χ0n) is 6.17. The summed E-state index contributed by atoms with van der Waals surface area (Å²) >= 11 is 5.47. The topological polar surface area (TPSA) is 90.2 Å². The molecule has 1 rings (SSSR count). The standard InChI is InChI=1S/C6H11ClO5/c7-3-5(10)4(9)2(1-8)12-6(3)11/h2-6,8-11H,1H2/t2-,3+,4-,5-,6+/m1/s1. The molecule has 1 aliphatic rings. The molecule has 0 spiro atoms. The van der Waals surface area contributed by atoms with Crippen molar-refractivity contribution in [2.45, 2.75) is 30.0 Å². The number of hydrogen-bond acceptors (Lipinski definition) is 5. The SMILES string of the molecule is OC[C@H]1O[C@H](O)[C@@H](Cl)[C@@H](O)[C@@H]1O. The quantitative estimate of drug-likeness (QED) is 0.367. The van der Waals surface area contributed by atoms with Crippen LogP contribution in [0.1, 0.15) is 0 Å². The molecule has 1 aliphatic heterocycles. The first-order valence-electron chi connectivity index (χ1n) is 3.52. The van der Waals surface area contributed by atoms with E-state index in [0.29, 0.717) is 0 Å². The number of aliphatic hydroxyl groups excluding tert-OH is 4. The van der Waals surface area contributed by atoms with Gasteiger partial charge >= 0.3 is 0 Å². The molecule has 12 heavy (non-hydrogen) atoms. The van der Waals surface area contributed by atoms with Crippen molar-refractivity contribution in [3.63, 3.8) is 0 Å². The lowest BCUT2D eigenvalue weighted by atomic mass is 10.0. The molecule has 0 radical (unpaired) electrons. The second-order valence-electron chi connectivity index (χ2n) is 2.67. The summed E-state index contributed by atoms with van der Waals surface area (Å²) in [6, 6.07) is 0. The van der Waals surface area contributed by atoms with Gasteiger partial charge in [0.15, 0.2) is 6.29 Å². The second kappa shape index (κ2) is 3.87. The Balaban J connectivity index is 2.63. The number of ether oxygens (including phenoxy) is 1. The molecule has 1 saturated heterocycles. The highest BCUT2D eigenvalue weighted by Gasteiger charge is 2.42. The van der Waals surface area contributed by atoms with Crippen molar-refractivity contribution in [2.24, 2.45) is 0 Å². The minimum absolute atomic E-state index is 0.473. The second-order valence-corrected chi connectivity index (χ2v) is 3.18. The predicted octanol–water partition coefficient (Wildman–Crippen LogP) is -1.97. The van der Waals surface area contributed by atoms with E-state index in [-0.39, 0.29) is 0 Å². The van der Waals surface area contributed by atoms with Crippen LogP contribution < -0.4 is 0 Å². The Labute approximate surface area is 74.2 Å². The summed E-state index contributed by atoms with van der Waals surface area (Å²) < 4.78 is 4.69. The molecule has 0 unspecified atom stereocenters. The molecular formula is C6H11ClO5. The highest BCUT2D eigenvalue weighted by atomic mass is 35.5. The number of alkyl halides is 1. The van der Waals surface area contributed by atoms with Crippen LogP contribution in [0.15, 0.2) is 0 Å². The molecule has 0 bridgehead atoms. The van der Waals surface area contributed by atoms with Gasteiger partial charge in [-0.25, -0.2) is 0 Å². The van der Waals surface area contributed by atoms with Crippen LogP contribution in [-0.4, -0.2) is 57.0 Å². The van der Waals surface area contributed by atoms with E-state index in [4.69, 9.17) is 26.6 Å². The highest BCUT2D eigenvalue weighted by Crippen LogP contribution is 2.23. The van der Waals surface area contributed by atoms with E-state index >= 15 is 0 Å². The normalized spacial score (nSPS) is 49.2. The first-order valence-corrected chi connectivity index (χ1v) is 3.96. The van der Waals surface area contributed by atoms with Crippen LogP contribution >= 0.6 is 11.6 Å². The zero-order chi connectivity index (χ0) is 9.30. The number of halogens is 1. The fourth-order valence-electron chi connectivity index (χ4n) is 1.06. The van der Waals surface area contributed by atoms with E-state index in [1.165, 1.54) is 0 Å². The van der Waals surface area contributed by atoms with Gasteiger partial charge in [0.25, 0.3) is 0 Å². The van der Waals surface area contributed by atoms with E-state index in [0.717, 1.165) is 0 Å². The highest BCUT2D eigenvalue weighted by molar-refractivity contribution is 6.21. The lowest BCUT2D eigenvalue weighted by Gasteiger charge is -2.37. The monoisotopic (exact) mass is 198 g/mol. The maximum Gasteiger partial charge on any atom is 0.174 e. The lowest BCUT2D eigenvalue weighted by Crippen LogP contribution is -2.56. The van der Waals surface area contributed by atoms with Crippen LogP contribution in [0.5, 0.6) is 0 Å². The molecule has 0 aromatic heterocycles. The number of aliphatic hydroxyl groups is 4. The van der Waals surface area contributed by atoms with Gasteiger partial charge < -0.3 is 25.2 Å². The fraction of sp³-hybridized carbons (Fsp3) is 1.00. The number of hydrogen-bond donors (Lipinski definition) is 4. The first-order chi connectivity index (χ1) is 5.57. The Bertz CT molecular complexity index is 150. The third kappa shape index (κ3) is 1.71. The molecule has 5 atom stereocenters. The average molecular weight is 199 g/mol. The van der Waals surface area contributed by atoms with Gasteiger partial charge in [-0.15, -0.1) is 11.6 Å². The van der Waals surface area contributed by atoms with Gasteiger partial charge in [-0.2, -0.15) is 0 Å². The van der Waals surface area contributed by atoms with Gasteiger partial charge in [0, 0.05) is 0 Å². The molecular weight excluding hydrogens is 188 g/mol. The van der Waals surface area contributed by atoms with Gasteiger partial charge in [-0.1, -0.05) is 0 Å². The van der Waals surface area contributed by atoms with Crippen LogP contribution in [0.25, 0.3) is 0 Å². The first kappa shape index (κ1) is 10.2. The average Bonchev–Trinajstić information content (AvgIpc) is 2.08. The third-order valence-electron chi connectivity index (χ3n) is 1.82. The van der Waals surface area contributed by atoms with Gasteiger partial charge in [0.05, 0.1) is 6.61 Å². The maximum absolute atomic E-state index is 9.20. The van der Waals surface area contributed by atoms with Crippen molar-refractivity contribution >= 4 is 11.6 Å². The van der Waals surface area contributed by atoms with Crippen molar-refractivity contribution in [1.82, 2.24) is 0 Å². The molecule has 0 aromatic carbocycles. The van der Waals surface area contributed by atoms with Gasteiger partial charge in [0.1, 0.15) is 23.7 Å². The molecule has 1 heterocycles. The molecule has 0 amide bonds. The molecule has 1 fully saturated rings. The van der Waals surface area contributed by atoms with Crippen molar-refractivity contribution in [3.8, 4) is 0 Å². The largest absolute Gasteiger partial charge is 0.394 e. The van der Waals surface area contributed by atoms with E-state index < -0.39 is 36.6 Å². The molecule has 72 valence electrons. The van der Waals surface area contributed by atoms with Crippen molar-refractivity contribution in [1.29, 1.82) is 0 Å². The lowest BCUT2D eigenvalue weighted by molar-refractivity contribution is -0.236. The molecule has 5 nitrogen and oxygen atoms in total. The van der Waals surface area contributed by atoms with Crippen LogP contribution in [0.3, 0.4) is 0 Å². The van der Waals surface area contributed by atoms with E-state index in [2.05, 4.69) is 0 Å². The molecule has 0 saturated carbocycles. The van der Waals surface area contributed by atoms with E-state index in [1.807, 2.05) is 0 Å². The van der Waals surface area contributed by atoms with E-state index in [9.17, 15) is 10.2 Å². The summed E-state index contributed by atoms with van der Waals surface area (Å²) in [7, 11) is 0. The summed E-state index contributed by atoms with van der Waals surface area (Å²) in [5.74, 6) is 0. The summed E-state index contributed by atoms with van der Waals surface area (Å²) in [5.41, 5.74) is 0.